The van der Waals surface area contributed by atoms with E-state index in [0.717, 1.165) is 4.88 Å². The molecule has 8 heteroatoms. The van der Waals surface area contributed by atoms with Crippen LogP contribution in [0, 0.1) is 0 Å². The molecule has 0 bridgehead atoms. The van der Waals surface area contributed by atoms with Crippen LogP contribution in [0.3, 0.4) is 0 Å². The van der Waals surface area contributed by atoms with Gasteiger partial charge < -0.3 is 16.0 Å². The number of hydrogen-bond donors (Lipinski definition) is 2. The number of nitrogens with zero attached hydrogens (tertiary/aromatic N) is 2. The van der Waals surface area contributed by atoms with Gasteiger partial charge >= 0.3 is 0 Å². The summed E-state index contributed by atoms with van der Waals surface area (Å²) in [4.78, 5) is 19.6. The third-order valence-corrected chi connectivity index (χ3v) is 5.25. The molecule has 2 aromatic rings. The molecule has 2 heterocycles. The fraction of sp³-hybridized carbons (Fsp3) is 0.333. The maximum Gasteiger partial charge on any atom is 0.265 e. The summed E-state index contributed by atoms with van der Waals surface area (Å²) >= 11 is 8.61. The van der Waals surface area contributed by atoms with Crippen molar-refractivity contribution in [2.45, 2.75) is 13.0 Å². The van der Waals surface area contributed by atoms with Crippen molar-refractivity contribution >= 4 is 51.1 Å². The van der Waals surface area contributed by atoms with Crippen molar-refractivity contribution in [2.24, 2.45) is 0 Å². The number of nitrogens with two attached hydrogens (primary N) is 1. The second-order valence-electron chi connectivity index (χ2n) is 4.44. The van der Waals surface area contributed by atoms with Crippen LogP contribution in [-0.2, 0) is 0 Å². The van der Waals surface area contributed by atoms with Gasteiger partial charge in [0.2, 0.25) is 0 Å². The van der Waals surface area contributed by atoms with Crippen molar-refractivity contribution < 1.29 is 4.79 Å². The van der Waals surface area contributed by atoms with Crippen LogP contribution in [0.1, 0.15) is 27.5 Å². The number of nitrogens with one attached hydrogen (secondary N) is 1. The average molecular weight is 331 g/mol. The Balaban J connectivity index is 2.12. The first-order valence-electron chi connectivity index (χ1n) is 5.88. The minimum Gasteiger partial charge on any atom is -0.382 e. The number of thiophene rings is 1. The molecule has 0 fully saturated rings. The topological polar surface area (TPSA) is 71.2 Å². The van der Waals surface area contributed by atoms with Gasteiger partial charge in [-0.3, -0.25) is 4.79 Å². The number of halogens is 1. The Morgan fingerprint density at radius 3 is 2.65 bits per heavy atom. The predicted octanol–water partition coefficient (Wildman–Crippen LogP) is 3.00. The van der Waals surface area contributed by atoms with Crippen molar-refractivity contribution in [3.05, 3.63) is 26.2 Å². The highest BCUT2D eigenvalue weighted by atomic mass is 35.5. The highest BCUT2D eigenvalue weighted by molar-refractivity contribution is 7.18. The summed E-state index contributed by atoms with van der Waals surface area (Å²) in [6.45, 7) is 1.91. The van der Waals surface area contributed by atoms with Crippen LogP contribution in [-0.4, -0.2) is 25.0 Å². The molecule has 0 aromatic carbocycles. The number of carbonyl (C=O) groups excluding carboxylic acids is 1. The number of thiazole rings is 1. The monoisotopic (exact) mass is 330 g/mol. The lowest BCUT2D eigenvalue weighted by Gasteiger charge is -2.11. The lowest BCUT2D eigenvalue weighted by atomic mass is 10.2. The lowest BCUT2D eigenvalue weighted by molar-refractivity contribution is 0.0945. The Bertz CT molecular complexity index is 623. The fourth-order valence-electron chi connectivity index (χ4n) is 1.57. The molecule has 1 amide bonds. The maximum atomic E-state index is 12.2. The van der Waals surface area contributed by atoms with Crippen LogP contribution in [0.15, 0.2) is 12.1 Å². The van der Waals surface area contributed by atoms with E-state index in [1.807, 2.05) is 38.1 Å². The number of nitrogen functional groups attached to an aromatic ring is 1. The Morgan fingerprint density at radius 1 is 1.45 bits per heavy atom. The molecule has 3 N–H and O–H groups in total. The van der Waals surface area contributed by atoms with Gasteiger partial charge in [0.1, 0.15) is 10.7 Å². The van der Waals surface area contributed by atoms with E-state index in [2.05, 4.69) is 10.3 Å². The molecule has 0 aliphatic rings. The van der Waals surface area contributed by atoms with Gasteiger partial charge in [-0.15, -0.1) is 11.3 Å². The maximum absolute atomic E-state index is 12.2. The molecule has 1 unspecified atom stereocenters. The largest absolute Gasteiger partial charge is 0.382 e. The fourth-order valence-corrected chi connectivity index (χ4v) is 3.44. The van der Waals surface area contributed by atoms with E-state index < -0.39 is 0 Å². The van der Waals surface area contributed by atoms with Crippen molar-refractivity contribution in [3.8, 4) is 0 Å². The summed E-state index contributed by atoms with van der Waals surface area (Å²) < 4.78 is 0.702. The van der Waals surface area contributed by atoms with Crippen LogP contribution in [0.25, 0.3) is 0 Å². The third kappa shape index (κ3) is 3.23. The van der Waals surface area contributed by atoms with Gasteiger partial charge in [0, 0.05) is 19.0 Å². The molecule has 2 aromatic heterocycles. The molecule has 0 saturated heterocycles. The minimum atomic E-state index is -0.217. The number of amides is 1. The quantitative estimate of drug-likeness (QED) is 0.904. The molecule has 0 aliphatic carbocycles. The van der Waals surface area contributed by atoms with E-state index in [-0.39, 0.29) is 17.8 Å². The highest BCUT2D eigenvalue weighted by Crippen LogP contribution is 2.29. The Hall–Kier alpha value is -1.31. The van der Waals surface area contributed by atoms with Gasteiger partial charge in [0.25, 0.3) is 5.91 Å². The SMILES string of the molecule is CC(NC(=O)c1sc(N(C)C)nc1N)c1ccc(Cl)s1. The van der Waals surface area contributed by atoms with Crippen LogP contribution in [0.5, 0.6) is 0 Å². The van der Waals surface area contributed by atoms with Crippen LogP contribution in [0.4, 0.5) is 10.9 Å². The molecule has 2 rings (SSSR count). The second kappa shape index (κ2) is 5.99. The van der Waals surface area contributed by atoms with Crippen LogP contribution in [0.2, 0.25) is 4.34 Å². The molecule has 108 valence electrons. The summed E-state index contributed by atoms with van der Waals surface area (Å²) in [7, 11) is 3.71. The van der Waals surface area contributed by atoms with Crippen molar-refractivity contribution in [1.82, 2.24) is 10.3 Å². The van der Waals surface area contributed by atoms with Gasteiger partial charge in [0.05, 0.1) is 10.4 Å². The van der Waals surface area contributed by atoms with Crippen molar-refractivity contribution in [2.75, 3.05) is 24.7 Å². The van der Waals surface area contributed by atoms with Gasteiger partial charge in [-0.2, -0.15) is 0 Å². The number of carbonyl (C=O) groups is 1. The van der Waals surface area contributed by atoms with Gasteiger partial charge in [-0.05, 0) is 19.1 Å². The number of rotatable bonds is 4. The predicted molar refractivity (Wildman–Crippen MR) is 86.1 cm³/mol. The van der Waals surface area contributed by atoms with Gasteiger partial charge in [-0.1, -0.05) is 22.9 Å². The van der Waals surface area contributed by atoms with E-state index in [1.54, 1.807) is 0 Å². The molecule has 0 aliphatic heterocycles. The molecule has 5 nitrogen and oxygen atoms in total. The molecule has 20 heavy (non-hydrogen) atoms. The smallest absolute Gasteiger partial charge is 0.265 e. The summed E-state index contributed by atoms with van der Waals surface area (Å²) in [6.07, 6.45) is 0. The first kappa shape index (κ1) is 15.1. The Labute approximate surface area is 130 Å². The Kier molecular flexibility index (Phi) is 4.52. The molecule has 0 saturated carbocycles. The molecule has 0 spiro atoms. The van der Waals surface area contributed by atoms with Crippen LogP contribution < -0.4 is 16.0 Å². The van der Waals surface area contributed by atoms with E-state index in [4.69, 9.17) is 17.3 Å². The number of aromatic nitrogens is 1. The highest BCUT2D eigenvalue weighted by Gasteiger charge is 2.19. The number of anilines is 2. The Morgan fingerprint density at radius 2 is 2.15 bits per heavy atom. The molecule has 1 atom stereocenters. The first-order chi connectivity index (χ1) is 9.38. The van der Waals surface area contributed by atoms with Crippen molar-refractivity contribution in [1.29, 1.82) is 0 Å². The number of hydrogen-bond acceptors (Lipinski definition) is 6. The zero-order valence-electron chi connectivity index (χ0n) is 11.3. The summed E-state index contributed by atoms with van der Waals surface area (Å²) in [5.41, 5.74) is 5.79. The van der Waals surface area contributed by atoms with E-state index in [1.165, 1.54) is 22.7 Å². The third-order valence-electron chi connectivity index (χ3n) is 2.60. The van der Waals surface area contributed by atoms with E-state index in [0.29, 0.717) is 14.3 Å². The normalized spacial score (nSPS) is 12.2. The van der Waals surface area contributed by atoms with E-state index >= 15 is 0 Å². The summed E-state index contributed by atoms with van der Waals surface area (Å²) in [5, 5.41) is 3.61. The van der Waals surface area contributed by atoms with Gasteiger partial charge in [-0.25, -0.2) is 4.98 Å². The first-order valence-corrected chi connectivity index (χ1v) is 7.89. The standard InChI is InChI=1S/C12H15ClN4OS2/c1-6(7-4-5-8(13)19-7)15-11(18)9-10(14)16-12(20-9)17(2)3/h4-6H,14H2,1-3H3,(H,15,18). The van der Waals surface area contributed by atoms with Gasteiger partial charge in [0.15, 0.2) is 5.13 Å². The molecule has 0 radical (unpaired) electrons. The zero-order chi connectivity index (χ0) is 14.9. The van der Waals surface area contributed by atoms with E-state index in [9.17, 15) is 4.79 Å². The second-order valence-corrected chi connectivity index (χ2v) is 7.17. The summed E-state index contributed by atoms with van der Waals surface area (Å²) in [5.74, 6) is 0.0396. The minimum absolute atomic E-state index is 0.121. The molecular weight excluding hydrogens is 316 g/mol. The van der Waals surface area contributed by atoms with Crippen molar-refractivity contribution in [3.63, 3.8) is 0 Å². The molecular formula is C12H15ClN4OS2. The summed E-state index contributed by atoms with van der Waals surface area (Å²) in [6, 6.07) is 3.60. The zero-order valence-corrected chi connectivity index (χ0v) is 13.7. The van der Waals surface area contributed by atoms with Crippen LogP contribution >= 0.6 is 34.3 Å². The lowest BCUT2D eigenvalue weighted by Crippen LogP contribution is -2.26. The average Bonchev–Trinajstić information content (AvgIpc) is 2.95.